The molecule has 0 radical (unpaired) electrons. The van der Waals surface area contributed by atoms with Gasteiger partial charge in [0, 0.05) is 18.1 Å². The molecule has 0 aliphatic carbocycles. The number of hydrogen-bond donors (Lipinski definition) is 2. The van der Waals surface area contributed by atoms with E-state index in [1.54, 1.807) is 7.11 Å². The van der Waals surface area contributed by atoms with Crippen LogP contribution >= 0.6 is 11.6 Å². The van der Waals surface area contributed by atoms with E-state index >= 15 is 0 Å². The minimum absolute atomic E-state index is 0.157. The smallest absolute Gasteiger partial charge is 0.314 e. The molecular weight excluding hydrogens is 312 g/mol. The summed E-state index contributed by atoms with van der Waals surface area (Å²) in [5.41, 5.74) is 2.23. The molecule has 0 saturated heterocycles. The number of rotatable bonds is 7. The molecule has 0 aromatic heterocycles. The van der Waals surface area contributed by atoms with Crippen LogP contribution in [0.4, 0.5) is 4.79 Å². The Labute approximate surface area is 141 Å². The first kappa shape index (κ1) is 17.2. The van der Waals surface area contributed by atoms with Crippen LogP contribution in [0.2, 0.25) is 5.02 Å². The van der Waals surface area contributed by atoms with Gasteiger partial charge in [0.25, 0.3) is 0 Å². The van der Waals surface area contributed by atoms with Crippen molar-refractivity contribution in [1.82, 2.24) is 10.6 Å². The lowest BCUT2D eigenvalue weighted by Crippen LogP contribution is -2.37. The van der Waals surface area contributed by atoms with Crippen molar-refractivity contribution in [3.63, 3.8) is 0 Å². The van der Waals surface area contributed by atoms with Crippen LogP contribution in [0.1, 0.15) is 11.1 Å². The molecule has 2 N–H and O–H groups in total. The molecule has 2 aromatic carbocycles. The Kier molecular flexibility index (Phi) is 6.76. The molecule has 23 heavy (non-hydrogen) atoms. The molecule has 2 rings (SSSR count). The molecule has 122 valence electrons. The van der Waals surface area contributed by atoms with Gasteiger partial charge in [-0.1, -0.05) is 35.9 Å². The van der Waals surface area contributed by atoms with E-state index in [2.05, 4.69) is 10.6 Å². The van der Waals surface area contributed by atoms with E-state index in [1.807, 2.05) is 48.5 Å². The Hall–Kier alpha value is -2.20. The monoisotopic (exact) mass is 332 g/mol. The molecule has 0 aliphatic heterocycles. The van der Waals surface area contributed by atoms with Crippen molar-refractivity contribution in [3.8, 4) is 5.75 Å². The maximum absolute atomic E-state index is 11.7. The summed E-state index contributed by atoms with van der Waals surface area (Å²) in [6.45, 7) is 1.15. The fourth-order valence-electron chi connectivity index (χ4n) is 2.22. The molecule has 0 spiro atoms. The van der Waals surface area contributed by atoms with E-state index in [-0.39, 0.29) is 6.03 Å². The standard InChI is InChI=1S/C18H21ClN2O2/c1-23-17-7-3-5-15(13-17)9-11-21-18(22)20-10-8-14-4-2-6-16(19)12-14/h2-7,12-13H,8-11H2,1H3,(H2,20,21,22). The summed E-state index contributed by atoms with van der Waals surface area (Å²) >= 11 is 5.93. The summed E-state index contributed by atoms with van der Waals surface area (Å²) < 4.78 is 5.18. The van der Waals surface area contributed by atoms with Crippen LogP contribution in [-0.4, -0.2) is 26.2 Å². The number of carbonyl (C=O) groups excluding carboxylic acids is 1. The van der Waals surface area contributed by atoms with Crippen molar-refractivity contribution in [2.24, 2.45) is 0 Å². The van der Waals surface area contributed by atoms with E-state index in [0.29, 0.717) is 18.1 Å². The van der Waals surface area contributed by atoms with Gasteiger partial charge in [-0.25, -0.2) is 4.79 Å². The third kappa shape index (κ3) is 6.20. The van der Waals surface area contributed by atoms with Gasteiger partial charge in [-0.3, -0.25) is 0 Å². The number of nitrogens with one attached hydrogen (secondary N) is 2. The third-order valence-corrected chi connectivity index (χ3v) is 3.66. The van der Waals surface area contributed by atoms with Crippen LogP contribution in [-0.2, 0) is 12.8 Å². The van der Waals surface area contributed by atoms with Crippen molar-refractivity contribution >= 4 is 17.6 Å². The highest BCUT2D eigenvalue weighted by Crippen LogP contribution is 2.12. The lowest BCUT2D eigenvalue weighted by Gasteiger charge is -2.08. The number of hydrogen-bond acceptors (Lipinski definition) is 2. The van der Waals surface area contributed by atoms with E-state index in [0.717, 1.165) is 29.7 Å². The highest BCUT2D eigenvalue weighted by atomic mass is 35.5. The fraction of sp³-hybridized carbons (Fsp3) is 0.278. The minimum Gasteiger partial charge on any atom is -0.497 e. The average molecular weight is 333 g/mol. The van der Waals surface area contributed by atoms with Crippen LogP contribution in [0, 0.1) is 0 Å². The van der Waals surface area contributed by atoms with E-state index in [9.17, 15) is 4.79 Å². The molecule has 0 unspecified atom stereocenters. The maximum atomic E-state index is 11.7. The molecule has 2 amide bonds. The van der Waals surface area contributed by atoms with Gasteiger partial charge in [0.1, 0.15) is 5.75 Å². The van der Waals surface area contributed by atoms with Crippen LogP contribution in [0.25, 0.3) is 0 Å². The summed E-state index contributed by atoms with van der Waals surface area (Å²) in [7, 11) is 1.64. The molecule has 0 fully saturated rings. The number of urea groups is 1. The van der Waals surface area contributed by atoms with Crippen LogP contribution in [0.15, 0.2) is 48.5 Å². The Bertz CT molecular complexity index is 646. The predicted octanol–water partition coefficient (Wildman–Crippen LogP) is 3.43. The first-order valence-electron chi connectivity index (χ1n) is 7.56. The summed E-state index contributed by atoms with van der Waals surface area (Å²) in [6.07, 6.45) is 1.52. The Morgan fingerprint density at radius 1 is 1.00 bits per heavy atom. The zero-order valence-corrected chi connectivity index (χ0v) is 13.9. The predicted molar refractivity (Wildman–Crippen MR) is 93.3 cm³/mol. The molecule has 0 heterocycles. The second-order valence-electron chi connectivity index (χ2n) is 5.16. The Morgan fingerprint density at radius 3 is 2.22 bits per heavy atom. The van der Waals surface area contributed by atoms with Gasteiger partial charge in [0.15, 0.2) is 0 Å². The van der Waals surface area contributed by atoms with Crippen molar-refractivity contribution in [2.45, 2.75) is 12.8 Å². The Morgan fingerprint density at radius 2 is 1.61 bits per heavy atom. The van der Waals surface area contributed by atoms with Crippen LogP contribution in [0.3, 0.4) is 0 Å². The lowest BCUT2D eigenvalue weighted by atomic mass is 10.1. The summed E-state index contributed by atoms with van der Waals surface area (Å²) in [5.74, 6) is 0.827. The quantitative estimate of drug-likeness (QED) is 0.816. The summed E-state index contributed by atoms with van der Waals surface area (Å²) in [5, 5.41) is 6.40. The van der Waals surface area contributed by atoms with Crippen LogP contribution in [0.5, 0.6) is 5.75 Å². The van der Waals surface area contributed by atoms with Gasteiger partial charge in [-0.05, 0) is 48.2 Å². The Balaban J connectivity index is 1.65. The molecular formula is C18H21ClN2O2. The maximum Gasteiger partial charge on any atom is 0.314 e. The second-order valence-corrected chi connectivity index (χ2v) is 5.60. The van der Waals surface area contributed by atoms with E-state index in [1.165, 1.54) is 0 Å². The van der Waals surface area contributed by atoms with Gasteiger partial charge in [-0.2, -0.15) is 0 Å². The van der Waals surface area contributed by atoms with Crippen molar-refractivity contribution < 1.29 is 9.53 Å². The average Bonchev–Trinajstić information content (AvgIpc) is 2.55. The van der Waals surface area contributed by atoms with E-state index in [4.69, 9.17) is 16.3 Å². The first-order chi connectivity index (χ1) is 11.2. The van der Waals surface area contributed by atoms with Crippen LogP contribution < -0.4 is 15.4 Å². The largest absolute Gasteiger partial charge is 0.497 e. The zero-order valence-electron chi connectivity index (χ0n) is 13.1. The molecule has 2 aromatic rings. The lowest BCUT2D eigenvalue weighted by molar-refractivity contribution is 0.241. The van der Waals surface area contributed by atoms with Gasteiger partial charge >= 0.3 is 6.03 Å². The van der Waals surface area contributed by atoms with E-state index < -0.39 is 0 Å². The first-order valence-corrected chi connectivity index (χ1v) is 7.94. The molecule has 0 aliphatic rings. The van der Waals surface area contributed by atoms with Gasteiger partial charge in [0.05, 0.1) is 7.11 Å². The zero-order chi connectivity index (χ0) is 16.5. The highest BCUT2D eigenvalue weighted by Gasteiger charge is 2.01. The fourth-order valence-corrected chi connectivity index (χ4v) is 2.44. The highest BCUT2D eigenvalue weighted by molar-refractivity contribution is 6.30. The topological polar surface area (TPSA) is 50.4 Å². The number of amides is 2. The number of methoxy groups -OCH3 is 1. The SMILES string of the molecule is COc1cccc(CCNC(=O)NCCc2cccc(Cl)c2)c1. The van der Waals surface area contributed by atoms with Gasteiger partial charge in [0.2, 0.25) is 0 Å². The molecule has 5 heteroatoms. The van der Waals surface area contributed by atoms with Crippen molar-refractivity contribution in [3.05, 3.63) is 64.7 Å². The second kappa shape index (κ2) is 9.06. The molecule has 0 bridgehead atoms. The summed E-state index contributed by atoms with van der Waals surface area (Å²) in [4.78, 5) is 11.7. The minimum atomic E-state index is -0.157. The molecule has 4 nitrogen and oxygen atoms in total. The number of ether oxygens (including phenoxy) is 1. The number of halogens is 1. The van der Waals surface area contributed by atoms with Gasteiger partial charge in [-0.15, -0.1) is 0 Å². The number of carbonyl (C=O) groups is 1. The third-order valence-electron chi connectivity index (χ3n) is 3.42. The summed E-state index contributed by atoms with van der Waals surface area (Å²) in [6, 6.07) is 15.3. The number of benzene rings is 2. The van der Waals surface area contributed by atoms with Crippen molar-refractivity contribution in [2.75, 3.05) is 20.2 Å². The normalized spacial score (nSPS) is 10.2. The molecule has 0 saturated carbocycles. The van der Waals surface area contributed by atoms with Gasteiger partial charge < -0.3 is 15.4 Å². The van der Waals surface area contributed by atoms with Crippen molar-refractivity contribution in [1.29, 1.82) is 0 Å². The molecule has 0 atom stereocenters.